The van der Waals surface area contributed by atoms with Crippen LogP contribution in [0.2, 0.25) is 0 Å². The van der Waals surface area contributed by atoms with Crippen LogP contribution in [-0.4, -0.2) is 52.0 Å². The normalized spacial score (nSPS) is 15.6. The van der Waals surface area contributed by atoms with Crippen LogP contribution in [0.3, 0.4) is 0 Å². The van der Waals surface area contributed by atoms with Gasteiger partial charge in [-0.2, -0.15) is 0 Å². The summed E-state index contributed by atoms with van der Waals surface area (Å²) in [6, 6.07) is 21.5. The molecule has 0 radical (unpaired) electrons. The maximum absolute atomic E-state index is 12.8. The molecule has 3 aliphatic rings. The summed E-state index contributed by atoms with van der Waals surface area (Å²) >= 11 is 0. The number of rotatable bonds is 5. The minimum atomic E-state index is -4.76. The number of likely N-dealkylation sites (tertiary alicyclic amines) is 1. The van der Waals surface area contributed by atoms with Crippen LogP contribution >= 0.6 is 0 Å². The Morgan fingerprint density at radius 1 is 0.975 bits per heavy atom. The van der Waals surface area contributed by atoms with Crippen LogP contribution in [0.1, 0.15) is 12.8 Å². The second-order valence-electron chi connectivity index (χ2n) is 9.87. The molecule has 2 aliphatic heterocycles. The summed E-state index contributed by atoms with van der Waals surface area (Å²) in [4.78, 5) is 16.6. The van der Waals surface area contributed by atoms with E-state index >= 15 is 0 Å². The van der Waals surface area contributed by atoms with Gasteiger partial charge in [-0.3, -0.25) is 9.98 Å². The molecule has 7 nitrogen and oxygen atoms in total. The van der Waals surface area contributed by atoms with Crippen molar-refractivity contribution >= 4 is 22.4 Å². The van der Waals surface area contributed by atoms with Crippen molar-refractivity contribution in [3.05, 3.63) is 90.5 Å². The fourth-order valence-corrected chi connectivity index (χ4v) is 5.04. The number of halogens is 3. The van der Waals surface area contributed by atoms with Crippen molar-refractivity contribution in [3.8, 4) is 22.8 Å². The van der Waals surface area contributed by atoms with E-state index in [1.807, 2.05) is 53.1 Å². The number of ether oxygens (including phenoxy) is 1. The zero-order chi connectivity index (χ0) is 27.7. The number of fused-ring (bicyclic) bond motifs is 2. The SMILES string of the molecule is CN1CCC(/N=c2\cc3n(-c4ccc(OC(F)(F)F)cc4)c4ccccc4nc-3cc2Nc2cccnc2)CC1. The molecule has 0 unspecified atom stereocenters. The average molecular weight is 545 g/mol. The summed E-state index contributed by atoms with van der Waals surface area (Å²) in [5, 5.41) is 4.25. The molecule has 0 bridgehead atoms. The lowest BCUT2D eigenvalue weighted by molar-refractivity contribution is -0.274. The van der Waals surface area contributed by atoms with Crippen LogP contribution in [0.15, 0.2) is 90.2 Å². The highest BCUT2D eigenvalue weighted by Crippen LogP contribution is 2.32. The number of pyridine rings is 1. The molecule has 1 fully saturated rings. The Balaban J connectivity index is 1.55. The molecule has 1 saturated heterocycles. The number of anilines is 2. The standard InChI is InChI=1S/C30H27F3N6O/c1-38-15-12-20(13-16-38)35-26-18-29-27(17-25(26)36-21-5-4-14-34-19-21)37-24-6-2-3-7-28(24)39(29)22-8-10-23(11-9-22)40-30(31,32)33/h2-11,14,17-20,36H,12-13,15-16H2,1H3/b35-26+. The molecule has 10 heteroatoms. The molecule has 3 heterocycles. The van der Waals surface area contributed by atoms with E-state index < -0.39 is 6.36 Å². The number of hydrogen-bond donors (Lipinski definition) is 1. The lowest BCUT2D eigenvalue weighted by atomic mass is 10.1. The van der Waals surface area contributed by atoms with Crippen LogP contribution in [0, 0.1) is 0 Å². The van der Waals surface area contributed by atoms with Crippen molar-refractivity contribution in [2.45, 2.75) is 25.2 Å². The van der Waals surface area contributed by atoms with Crippen molar-refractivity contribution in [2.24, 2.45) is 4.99 Å². The number of para-hydroxylation sites is 2. The monoisotopic (exact) mass is 544 g/mol. The smallest absolute Gasteiger partial charge is 0.406 e. The molecule has 0 atom stereocenters. The third kappa shape index (κ3) is 5.62. The maximum atomic E-state index is 12.8. The molecule has 204 valence electrons. The molecule has 0 amide bonds. The molecule has 40 heavy (non-hydrogen) atoms. The summed E-state index contributed by atoms with van der Waals surface area (Å²) in [6.45, 7) is 1.96. The first-order valence-corrected chi connectivity index (χ1v) is 13.0. The van der Waals surface area contributed by atoms with Crippen LogP contribution in [0.25, 0.3) is 28.1 Å². The predicted molar refractivity (Wildman–Crippen MR) is 148 cm³/mol. The number of hydrogen-bond acceptors (Lipinski definition) is 6. The third-order valence-corrected chi connectivity index (χ3v) is 6.98. The van der Waals surface area contributed by atoms with Gasteiger partial charge in [0.05, 0.1) is 51.4 Å². The molecular formula is C30H27F3N6O. The van der Waals surface area contributed by atoms with Crippen LogP contribution < -0.4 is 15.4 Å². The molecule has 1 N–H and O–H groups in total. The Morgan fingerprint density at radius 2 is 1.75 bits per heavy atom. The molecule has 2 aromatic carbocycles. The van der Waals surface area contributed by atoms with Crippen molar-refractivity contribution in [1.82, 2.24) is 19.4 Å². The quantitative estimate of drug-likeness (QED) is 0.269. The van der Waals surface area contributed by atoms with E-state index in [-0.39, 0.29) is 11.8 Å². The fourth-order valence-electron chi connectivity index (χ4n) is 5.04. The van der Waals surface area contributed by atoms with Gasteiger partial charge < -0.3 is 19.5 Å². The topological polar surface area (TPSA) is 67.6 Å². The minimum Gasteiger partial charge on any atom is -0.406 e. The molecule has 1 aromatic heterocycles. The van der Waals surface area contributed by atoms with Crippen LogP contribution in [0.4, 0.5) is 24.5 Å². The van der Waals surface area contributed by atoms with Crippen molar-refractivity contribution in [1.29, 1.82) is 0 Å². The van der Waals surface area contributed by atoms with Gasteiger partial charge in [0.25, 0.3) is 0 Å². The van der Waals surface area contributed by atoms with Gasteiger partial charge in [-0.05, 0) is 93.6 Å². The fraction of sp³-hybridized carbons (Fsp3) is 0.233. The molecular weight excluding hydrogens is 517 g/mol. The molecule has 1 aliphatic carbocycles. The van der Waals surface area contributed by atoms with Gasteiger partial charge in [-0.25, -0.2) is 4.98 Å². The first-order valence-electron chi connectivity index (χ1n) is 13.0. The highest BCUT2D eigenvalue weighted by molar-refractivity contribution is 5.84. The number of benzene rings is 3. The van der Waals surface area contributed by atoms with E-state index in [1.165, 1.54) is 12.1 Å². The summed E-state index contributed by atoms with van der Waals surface area (Å²) < 4.78 is 44.4. The highest BCUT2D eigenvalue weighted by atomic mass is 19.4. The maximum Gasteiger partial charge on any atom is 0.573 e. The Kier molecular flexibility index (Phi) is 6.85. The Bertz CT molecular complexity index is 1660. The van der Waals surface area contributed by atoms with Gasteiger partial charge >= 0.3 is 6.36 Å². The lowest BCUT2D eigenvalue weighted by Gasteiger charge is -2.26. The molecule has 0 saturated carbocycles. The van der Waals surface area contributed by atoms with Gasteiger partial charge in [0.15, 0.2) is 0 Å². The lowest BCUT2D eigenvalue weighted by Crippen LogP contribution is -2.33. The third-order valence-electron chi connectivity index (χ3n) is 6.98. The van der Waals surface area contributed by atoms with E-state index in [4.69, 9.17) is 9.98 Å². The van der Waals surface area contributed by atoms with Gasteiger partial charge in [-0.1, -0.05) is 12.1 Å². The van der Waals surface area contributed by atoms with E-state index in [9.17, 15) is 13.2 Å². The zero-order valence-corrected chi connectivity index (χ0v) is 21.8. The van der Waals surface area contributed by atoms with Crippen LogP contribution in [0.5, 0.6) is 5.75 Å². The van der Waals surface area contributed by atoms with E-state index in [0.29, 0.717) is 11.4 Å². The highest BCUT2D eigenvalue weighted by Gasteiger charge is 2.31. The summed E-state index contributed by atoms with van der Waals surface area (Å²) in [7, 11) is 2.12. The van der Waals surface area contributed by atoms with E-state index in [0.717, 1.165) is 59.4 Å². The zero-order valence-electron chi connectivity index (χ0n) is 21.8. The Labute approximate surface area is 228 Å². The van der Waals surface area contributed by atoms with Crippen molar-refractivity contribution in [3.63, 3.8) is 0 Å². The Hall–Kier alpha value is -4.44. The van der Waals surface area contributed by atoms with Crippen molar-refractivity contribution in [2.75, 3.05) is 25.5 Å². The number of alkyl halides is 3. The van der Waals surface area contributed by atoms with Crippen LogP contribution in [-0.2, 0) is 0 Å². The Morgan fingerprint density at radius 3 is 2.48 bits per heavy atom. The number of piperidine rings is 1. The average Bonchev–Trinajstić information content (AvgIpc) is 2.94. The molecule has 0 spiro atoms. The first kappa shape index (κ1) is 25.8. The van der Waals surface area contributed by atoms with Gasteiger partial charge in [0, 0.05) is 11.9 Å². The number of aromatic nitrogens is 3. The summed E-state index contributed by atoms with van der Waals surface area (Å²) in [5.74, 6) is -0.277. The molecule has 6 rings (SSSR count). The van der Waals surface area contributed by atoms with Gasteiger partial charge in [0.1, 0.15) is 5.75 Å². The van der Waals surface area contributed by atoms with E-state index in [2.05, 4.69) is 27.0 Å². The number of nitrogens with zero attached hydrogens (tertiary/aromatic N) is 5. The minimum absolute atomic E-state index is 0.170. The largest absolute Gasteiger partial charge is 0.573 e. The summed E-state index contributed by atoms with van der Waals surface area (Å²) in [5.41, 5.74) is 5.37. The number of nitrogens with one attached hydrogen (secondary N) is 1. The second kappa shape index (κ2) is 10.6. The first-order chi connectivity index (χ1) is 19.3. The van der Waals surface area contributed by atoms with Gasteiger partial charge in [0.2, 0.25) is 0 Å². The van der Waals surface area contributed by atoms with E-state index in [1.54, 1.807) is 24.5 Å². The predicted octanol–water partition coefficient (Wildman–Crippen LogP) is 6.16. The van der Waals surface area contributed by atoms with Gasteiger partial charge in [-0.15, -0.1) is 13.2 Å². The molecule has 3 aromatic rings. The van der Waals surface area contributed by atoms with Crippen molar-refractivity contribution < 1.29 is 17.9 Å². The second-order valence-corrected chi connectivity index (χ2v) is 9.87. The summed E-state index contributed by atoms with van der Waals surface area (Å²) in [6.07, 6.45) is 0.626.